The van der Waals surface area contributed by atoms with Crippen molar-refractivity contribution < 1.29 is 4.79 Å². The highest BCUT2D eigenvalue weighted by molar-refractivity contribution is 7.15. The van der Waals surface area contributed by atoms with Gasteiger partial charge >= 0.3 is 0 Å². The Bertz CT molecular complexity index is 369. The Hall–Kier alpha value is -0.720. The van der Waals surface area contributed by atoms with Gasteiger partial charge in [0, 0.05) is 14.1 Å². The fraction of sp³-hybridized carbons (Fsp3) is 0.700. The van der Waals surface area contributed by atoms with Crippen LogP contribution in [-0.2, 0) is 11.3 Å². The molecule has 7 heteroatoms. The summed E-state index contributed by atoms with van der Waals surface area (Å²) in [6, 6.07) is 0. The van der Waals surface area contributed by atoms with Crippen molar-refractivity contribution in [1.82, 2.24) is 20.0 Å². The van der Waals surface area contributed by atoms with Crippen LogP contribution in [0.25, 0.3) is 0 Å². The number of carbonyl (C=O) groups is 1. The van der Waals surface area contributed by atoms with Crippen LogP contribution in [0, 0.1) is 0 Å². The molecule has 0 unspecified atom stereocenters. The summed E-state index contributed by atoms with van der Waals surface area (Å²) < 4.78 is 0.440. The molecule has 0 aliphatic carbocycles. The van der Waals surface area contributed by atoms with Crippen LogP contribution in [0.1, 0.15) is 18.4 Å². The van der Waals surface area contributed by atoms with Gasteiger partial charge < -0.3 is 4.90 Å². The van der Waals surface area contributed by atoms with Gasteiger partial charge in [-0.3, -0.25) is 9.69 Å². The molecule has 0 N–H and O–H groups in total. The van der Waals surface area contributed by atoms with Gasteiger partial charge in [-0.2, -0.15) is 0 Å². The molecule has 0 bridgehead atoms. The number of halogens is 1. The van der Waals surface area contributed by atoms with Crippen LogP contribution >= 0.6 is 22.9 Å². The lowest BCUT2D eigenvalue weighted by Crippen LogP contribution is -2.36. The zero-order valence-corrected chi connectivity index (χ0v) is 11.9. The quantitative estimate of drug-likeness (QED) is 0.790. The van der Waals surface area contributed by atoms with Crippen molar-refractivity contribution in [3.63, 3.8) is 0 Å². The Labute approximate surface area is 110 Å². The van der Waals surface area contributed by atoms with Crippen molar-refractivity contribution in [2.75, 3.05) is 27.2 Å². The summed E-state index contributed by atoms with van der Waals surface area (Å²) in [5, 5.41) is 8.56. The van der Waals surface area contributed by atoms with Crippen LogP contribution in [0.3, 0.4) is 0 Å². The van der Waals surface area contributed by atoms with Crippen LogP contribution < -0.4 is 0 Å². The van der Waals surface area contributed by atoms with Crippen LogP contribution in [0.5, 0.6) is 0 Å². The molecule has 0 saturated heterocycles. The van der Waals surface area contributed by atoms with E-state index < -0.39 is 0 Å². The second kappa shape index (κ2) is 6.88. The maximum atomic E-state index is 11.6. The molecule has 0 spiro atoms. The van der Waals surface area contributed by atoms with Gasteiger partial charge in [-0.25, -0.2) is 0 Å². The van der Waals surface area contributed by atoms with Gasteiger partial charge in [-0.1, -0.05) is 18.3 Å². The first kappa shape index (κ1) is 14.3. The summed E-state index contributed by atoms with van der Waals surface area (Å²) >= 11 is 7.08. The molecule has 1 amide bonds. The first-order chi connectivity index (χ1) is 8.02. The van der Waals surface area contributed by atoms with E-state index in [9.17, 15) is 4.79 Å². The summed E-state index contributed by atoms with van der Waals surface area (Å²) in [5.74, 6) is 0.0917. The molecule has 0 radical (unpaired) electrons. The molecule has 0 aromatic carbocycles. The highest BCUT2D eigenvalue weighted by Gasteiger charge is 2.14. The lowest BCUT2D eigenvalue weighted by Gasteiger charge is -2.21. The van der Waals surface area contributed by atoms with Crippen LogP contribution in [0.15, 0.2) is 0 Å². The molecule has 1 aromatic rings. The van der Waals surface area contributed by atoms with Gasteiger partial charge in [-0.15, -0.1) is 10.2 Å². The molecule has 1 heterocycles. The molecule has 1 rings (SSSR count). The van der Waals surface area contributed by atoms with Crippen LogP contribution in [0.2, 0.25) is 4.47 Å². The number of amides is 1. The molecule has 1 aromatic heterocycles. The molecule has 0 aliphatic heterocycles. The first-order valence-corrected chi connectivity index (χ1v) is 6.62. The molecular formula is C10H17ClN4OS. The first-order valence-electron chi connectivity index (χ1n) is 5.43. The number of aromatic nitrogens is 2. The van der Waals surface area contributed by atoms with Crippen molar-refractivity contribution in [3.8, 4) is 0 Å². The van der Waals surface area contributed by atoms with E-state index in [0.29, 0.717) is 17.6 Å². The minimum absolute atomic E-state index is 0.0917. The fourth-order valence-corrected chi connectivity index (χ4v) is 2.26. The summed E-state index contributed by atoms with van der Waals surface area (Å²) in [7, 11) is 3.52. The Kier molecular flexibility index (Phi) is 5.80. The van der Waals surface area contributed by atoms with Gasteiger partial charge in [0.05, 0.1) is 13.1 Å². The van der Waals surface area contributed by atoms with Gasteiger partial charge in [0.15, 0.2) is 0 Å². The standard InChI is InChI=1S/C10H17ClN4OS/c1-4-5-15(7-9(16)14(2)3)6-8-12-13-10(11)17-8/h4-7H2,1-3H3. The molecule has 0 aliphatic rings. The lowest BCUT2D eigenvalue weighted by atomic mass is 10.3. The summed E-state index contributed by atoms with van der Waals surface area (Å²) in [5.41, 5.74) is 0. The Morgan fingerprint density at radius 2 is 2.12 bits per heavy atom. The smallest absolute Gasteiger partial charge is 0.236 e. The number of carbonyl (C=O) groups excluding carboxylic acids is 1. The van der Waals surface area contributed by atoms with E-state index >= 15 is 0 Å². The average Bonchev–Trinajstić information content (AvgIpc) is 2.64. The monoisotopic (exact) mass is 276 g/mol. The number of nitrogens with zero attached hydrogens (tertiary/aromatic N) is 4. The van der Waals surface area contributed by atoms with Gasteiger partial charge in [0.25, 0.3) is 0 Å². The van der Waals surface area contributed by atoms with Crippen molar-refractivity contribution in [1.29, 1.82) is 0 Å². The molecule has 17 heavy (non-hydrogen) atoms. The topological polar surface area (TPSA) is 49.3 Å². The number of likely N-dealkylation sites (N-methyl/N-ethyl adjacent to an activating group) is 1. The van der Waals surface area contributed by atoms with Crippen LogP contribution in [-0.4, -0.2) is 53.1 Å². The largest absolute Gasteiger partial charge is 0.348 e. The summed E-state index contributed by atoms with van der Waals surface area (Å²) in [6.45, 7) is 3.97. The number of hydrogen-bond donors (Lipinski definition) is 0. The maximum Gasteiger partial charge on any atom is 0.236 e. The Balaban J connectivity index is 2.56. The predicted molar refractivity (Wildman–Crippen MR) is 69.2 cm³/mol. The van der Waals surface area contributed by atoms with Crippen molar-refractivity contribution in [2.45, 2.75) is 19.9 Å². The molecule has 5 nitrogen and oxygen atoms in total. The van der Waals surface area contributed by atoms with E-state index in [2.05, 4.69) is 22.0 Å². The zero-order chi connectivity index (χ0) is 12.8. The fourth-order valence-electron chi connectivity index (χ4n) is 1.35. The third-order valence-corrected chi connectivity index (χ3v) is 3.20. The van der Waals surface area contributed by atoms with E-state index in [1.54, 1.807) is 19.0 Å². The number of hydrogen-bond acceptors (Lipinski definition) is 5. The minimum atomic E-state index is 0.0917. The van der Waals surface area contributed by atoms with Gasteiger partial charge in [0.1, 0.15) is 5.01 Å². The molecule has 0 atom stereocenters. The molecule has 0 saturated carbocycles. The van der Waals surface area contributed by atoms with E-state index in [4.69, 9.17) is 11.6 Å². The SMILES string of the molecule is CCCN(CC(=O)N(C)C)Cc1nnc(Cl)s1. The predicted octanol–water partition coefficient (Wildman–Crippen LogP) is 1.49. The normalized spacial score (nSPS) is 10.9. The zero-order valence-electron chi connectivity index (χ0n) is 10.3. The summed E-state index contributed by atoms with van der Waals surface area (Å²) in [4.78, 5) is 15.3. The second-order valence-corrected chi connectivity index (χ2v) is 5.59. The Morgan fingerprint density at radius 3 is 2.59 bits per heavy atom. The minimum Gasteiger partial charge on any atom is -0.348 e. The molecule has 0 fully saturated rings. The number of rotatable bonds is 6. The molecular weight excluding hydrogens is 260 g/mol. The average molecular weight is 277 g/mol. The maximum absolute atomic E-state index is 11.6. The van der Waals surface area contributed by atoms with E-state index in [1.165, 1.54) is 11.3 Å². The lowest BCUT2D eigenvalue weighted by molar-refractivity contribution is -0.130. The van der Waals surface area contributed by atoms with Crippen molar-refractivity contribution in [3.05, 3.63) is 9.47 Å². The van der Waals surface area contributed by atoms with Crippen molar-refractivity contribution >= 4 is 28.8 Å². The summed E-state index contributed by atoms with van der Waals surface area (Å²) in [6.07, 6.45) is 0.993. The molecule has 96 valence electrons. The second-order valence-electron chi connectivity index (χ2n) is 3.95. The third kappa shape index (κ3) is 4.97. The van der Waals surface area contributed by atoms with E-state index in [-0.39, 0.29) is 5.91 Å². The third-order valence-electron chi connectivity index (χ3n) is 2.20. The van der Waals surface area contributed by atoms with Gasteiger partial charge in [0.2, 0.25) is 10.4 Å². The van der Waals surface area contributed by atoms with Gasteiger partial charge in [-0.05, 0) is 24.6 Å². The van der Waals surface area contributed by atoms with Crippen molar-refractivity contribution in [2.24, 2.45) is 0 Å². The van der Waals surface area contributed by atoms with E-state index in [0.717, 1.165) is 18.0 Å². The highest BCUT2D eigenvalue weighted by Crippen LogP contribution is 2.16. The van der Waals surface area contributed by atoms with Crippen LogP contribution in [0.4, 0.5) is 0 Å². The highest BCUT2D eigenvalue weighted by atomic mass is 35.5. The van der Waals surface area contributed by atoms with E-state index in [1.807, 2.05) is 0 Å². The Morgan fingerprint density at radius 1 is 1.41 bits per heavy atom.